The van der Waals surface area contributed by atoms with E-state index < -0.39 is 5.97 Å². The molecule has 18 heavy (non-hydrogen) atoms. The Balaban J connectivity index is 2.25. The maximum atomic E-state index is 10.8. The lowest BCUT2D eigenvalue weighted by molar-refractivity contribution is 0.0696. The second-order valence-electron chi connectivity index (χ2n) is 5.19. The Hall–Kier alpha value is -1.29. The van der Waals surface area contributed by atoms with Gasteiger partial charge in [-0.2, -0.15) is 0 Å². The van der Waals surface area contributed by atoms with Gasteiger partial charge in [-0.15, -0.1) is 0 Å². The van der Waals surface area contributed by atoms with E-state index in [0.29, 0.717) is 22.7 Å². The summed E-state index contributed by atoms with van der Waals surface area (Å²) in [7, 11) is 0. The van der Waals surface area contributed by atoms with Crippen LogP contribution in [0.5, 0.6) is 0 Å². The summed E-state index contributed by atoms with van der Waals surface area (Å²) < 4.78 is 0. The van der Waals surface area contributed by atoms with E-state index in [1.54, 1.807) is 0 Å². The highest BCUT2D eigenvalue weighted by atomic mass is 35.5. The van der Waals surface area contributed by atoms with Crippen molar-refractivity contribution < 1.29 is 9.90 Å². The Morgan fingerprint density at radius 3 is 2.56 bits per heavy atom. The Bertz CT molecular complexity index is 454. The minimum atomic E-state index is -1.00. The van der Waals surface area contributed by atoms with Crippen molar-refractivity contribution in [3.63, 3.8) is 0 Å². The van der Waals surface area contributed by atoms with Gasteiger partial charge < -0.3 is 10.0 Å². The number of aromatic nitrogens is 1. The van der Waals surface area contributed by atoms with Crippen molar-refractivity contribution in [2.45, 2.75) is 20.3 Å². The van der Waals surface area contributed by atoms with E-state index in [4.69, 9.17) is 16.7 Å². The third kappa shape index (κ3) is 2.75. The molecule has 0 radical (unpaired) electrons. The smallest absolute Gasteiger partial charge is 0.337 e. The van der Waals surface area contributed by atoms with Crippen LogP contribution in [0.4, 0.5) is 5.82 Å². The number of halogens is 1. The average molecular weight is 269 g/mol. The number of nitrogens with zero attached hydrogens (tertiary/aromatic N) is 2. The largest absolute Gasteiger partial charge is 0.478 e. The normalized spacial score (nSPS) is 24.1. The van der Waals surface area contributed by atoms with Gasteiger partial charge in [-0.3, -0.25) is 0 Å². The first-order valence-electron chi connectivity index (χ1n) is 6.11. The highest BCUT2D eigenvalue weighted by Gasteiger charge is 2.24. The molecule has 1 aromatic rings. The number of rotatable bonds is 2. The van der Waals surface area contributed by atoms with Gasteiger partial charge in [-0.1, -0.05) is 25.4 Å². The molecule has 1 N–H and O–H groups in total. The van der Waals surface area contributed by atoms with Gasteiger partial charge in [-0.05, 0) is 24.3 Å². The minimum absolute atomic E-state index is 0.127. The van der Waals surface area contributed by atoms with E-state index in [0.717, 1.165) is 13.1 Å². The fourth-order valence-corrected chi connectivity index (χ4v) is 2.90. The highest BCUT2D eigenvalue weighted by molar-refractivity contribution is 6.33. The van der Waals surface area contributed by atoms with Crippen LogP contribution in [0.1, 0.15) is 30.6 Å². The molecule has 4 nitrogen and oxygen atoms in total. The zero-order chi connectivity index (χ0) is 13.3. The number of carboxylic acids is 1. The highest BCUT2D eigenvalue weighted by Crippen LogP contribution is 2.30. The van der Waals surface area contributed by atoms with Crippen LogP contribution in [-0.4, -0.2) is 29.1 Å². The number of aromatic carboxylic acids is 1. The summed E-state index contributed by atoms with van der Waals surface area (Å²) in [6.07, 6.45) is 2.58. The summed E-state index contributed by atoms with van der Waals surface area (Å²) in [6.45, 7) is 6.26. The van der Waals surface area contributed by atoms with E-state index in [-0.39, 0.29) is 5.56 Å². The van der Waals surface area contributed by atoms with Crippen molar-refractivity contribution in [1.82, 2.24) is 4.98 Å². The van der Waals surface area contributed by atoms with E-state index in [9.17, 15) is 4.79 Å². The zero-order valence-corrected chi connectivity index (χ0v) is 11.3. The van der Waals surface area contributed by atoms with Crippen molar-refractivity contribution in [2.24, 2.45) is 11.8 Å². The lowest BCUT2D eigenvalue weighted by atomic mass is 9.92. The Morgan fingerprint density at radius 1 is 1.44 bits per heavy atom. The Morgan fingerprint density at radius 2 is 2.06 bits per heavy atom. The molecule has 98 valence electrons. The Kier molecular flexibility index (Phi) is 3.76. The molecule has 2 rings (SSSR count). The second kappa shape index (κ2) is 5.14. The van der Waals surface area contributed by atoms with Crippen LogP contribution in [0.25, 0.3) is 0 Å². The van der Waals surface area contributed by atoms with Crippen LogP contribution in [0.3, 0.4) is 0 Å². The third-order valence-corrected chi connectivity index (χ3v) is 3.52. The Labute approximate surface area is 112 Å². The predicted molar refractivity (Wildman–Crippen MR) is 71.4 cm³/mol. The molecule has 1 aromatic heterocycles. The monoisotopic (exact) mass is 268 g/mol. The molecule has 0 aliphatic carbocycles. The summed E-state index contributed by atoms with van der Waals surface area (Å²) in [5.41, 5.74) is 0.127. The maximum Gasteiger partial charge on any atom is 0.337 e. The minimum Gasteiger partial charge on any atom is -0.478 e. The van der Waals surface area contributed by atoms with Gasteiger partial charge in [-0.25, -0.2) is 9.78 Å². The molecule has 1 saturated heterocycles. The third-order valence-electron chi connectivity index (χ3n) is 3.24. The first-order chi connectivity index (χ1) is 8.47. The van der Waals surface area contributed by atoms with E-state index in [1.165, 1.54) is 18.7 Å². The molecule has 1 aliphatic heterocycles. The van der Waals surface area contributed by atoms with Gasteiger partial charge in [0.2, 0.25) is 0 Å². The topological polar surface area (TPSA) is 53.4 Å². The molecule has 2 atom stereocenters. The van der Waals surface area contributed by atoms with Gasteiger partial charge in [0.25, 0.3) is 0 Å². The van der Waals surface area contributed by atoms with Gasteiger partial charge >= 0.3 is 5.97 Å². The predicted octanol–water partition coefficient (Wildman–Crippen LogP) is 2.92. The van der Waals surface area contributed by atoms with Crippen LogP contribution < -0.4 is 4.90 Å². The van der Waals surface area contributed by atoms with E-state index in [1.807, 2.05) is 0 Å². The maximum absolute atomic E-state index is 10.8. The quantitative estimate of drug-likeness (QED) is 0.896. The van der Waals surface area contributed by atoms with Gasteiger partial charge in [0.05, 0.1) is 10.6 Å². The van der Waals surface area contributed by atoms with Gasteiger partial charge in [0.15, 0.2) is 0 Å². The fourth-order valence-electron chi connectivity index (χ4n) is 2.62. The average Bonchev–Trinajstić information content (AvgIpc) is 2.27. The molecule has 2 heterocycles. The van der Waals surface area contributed by atoms with Crippen molar-refractivity contribution in [3.05, 3.63) is 22.8 Å². The molecule has 0 bridgehead atoms. The second-order valence-corrected chi connectivity index (χ2v) is 5.59. The number of pyridine rings is 1. The van der Waals surface area contributed by atoms with Crippen LogP contribution in [0.2, 0.25) is 5.02 Å². The zero-order valence-electron chi connectivity index (χ0n) is 10.6. The molecule has 1 fully saturated rings. The number of hydrogen-bond acceptors (Lipinski definition) is 3. The number of piperidine rings is 1. The van der Waals surface area contributed by atoms with Crippen LogP contribution in [0.15, 0.2) is 12.3 Å². The van der Waals surface area contributed by atoms with Crippen LogP contribution in [-0.2, 0) is 0 Å². The molecular formula is C13H17ClN2O2. The van der Waals surface area contributed by atoms with Crippen molar-refractivity contribution in [1.29, 1.82) is 0 Å². The first kappa shape index (κ1) is 13.1. The molecule has 2 unspecified atom stereocenters. The van der Waals surface area contributed by atoms with Crippen LogP contribution in [0, 0.1) is 11.8 Å². The van der Waals surface area contributed by atoms with E-state index >= 15 is 0 Å². The number of hydrogen-bond donors (Lipinski definition) is 1. The van der Waals surface area contributed by atoms with Crippen molar-refractivity contribution in [2.75, 3.05) is 18.0 Å². The molecule has 0 amide bonds. The van der Waals surface area contributed by atoms with Gasteiger partial charge in [0, 0.05) is 19.3 Å². The number of anilines is 1. The molecule has 0 saturated carbocycles. The summed E-state index contributed by atoms with van der Waals surface area (Å²) in [6, 6.07) is 1.47. The molecule has 1 aliphatic rings. The molecular weight excluding hydrogens is 252 g/mol. The van der Waals surface area contributed by atoms with Gasteiger partial charge in [0.1, 0.15) is 5.82 Å². The van der Waals surface area contributed by atoms with Crippen molar-refractivity contribution >= 4 is 23.4 Å². The van der Waals surface area contributed by atoms with E-state index in [2.05, 4.69) is 23.7 Å². The lowest BCUT2D eigenvalue weighted by Gasteiger charge is -2.36. The fraction of sp³-hybridized carbons (Fsp3) is 0.538. The molecule has 0 spiro atoms. The SMILES string of the molecule is CC1CC(C)CN(c2ncc(C(=O)O)cc2Cl)C1. The summed E-state index contributed by atoms with van der Waals surface area (Å²) in [5, 5.41) is 9.30. The first-order valence-corrected chi connectivity index (χ1v) is 6.49. The van der Waals surface area contributed by atoms with Crippen molar-refractivity contribution in [3.8, 4) is 0 Å². The summed E-state index contributed by atoms with van der Waals surface area (Å²) in [5.74, 6) is 0.896. The molecule has 5 heteroatoms. The van der Waals surface area contributed by atoms with Crippen LogP contribution >= 0.6 is 11.6 Å². The number of carboxylic acid groups (broad SMARTS) is 1. The summed E-state index contributed by atoms with van der Waals surface area (Å²) in [4.78, 5) is 17.2. The number of carbonyl (C=O) groups is 1. The lowest BCUT2D eigenvalue weighted by Crippen LogP contribution is -2.39. The molecule has 0 aromatic carbocycles. The standard InChI is InChI=1S/C13H17ClN2O2/c1-8-3-9(2)7-16(6-8)12-11(14)4-10(5-15-12)13(17)18/h4-5,8-9H,3,6-7H2,1-2H3,(H,17,18). The summed E-state index contributed by atoms with van der Waals surface area (Å²) >= 11 is 6.13.